The van der Waals surface area contributed by atoms with Crippen molar-refractivity contribution in [2.24, 2.45) is 11.8 Å². The molecule has 1 saturated heterocycles. The van der Waals surface area contributed by atoms with E-state index in [1.807, 2.05) is 6.92 Å². The van der Waals surface area contributed by atoms with Gasteiger partial charge in [0.25, 0.3) is 0 Å². The Morgan fingerprint density at radius 1 is 1.12 bits per heavy atom. The molecule has 0 spiro atoms. The minimum atomic E-state index is -0.838. The van der Waals surface area contributed by atoms with E-state index < -0.39 is 11.9 Å². The largest absolute Gasteiger partial charge is 0.481 e. The fourth-order valence-corrected chi connectivity index (χ4v) is 3.48. The van der Waals surface area contributed by atoms with Crippen LogP contribution in [0.5, 0.6) is 0 Å². The zero-order valence-electron chi connectivity index (χ0n) is 16.0. The number of carbonyl (C=O) groups is 2. The van der Waals surface area contributed by atoms with E-state index in [0.29, 0.717) is 25.6 Å². The molecule has 0 aliphatic carbocycles. The van der Waals surface area contributed by atoms with Crippen LogP contribution in [0.25, 0.3) is 0 Å². The van der Waals surface area contributed by atoms with Gasteiger partial charge in [0, 0.05) is 26.2 Å². The summed E-state index contributed by atoms with van der Waals surface area (Å²) in [6.45, 7) is 7.74. The number of ether oxygens (including phenoxy) is 1. The van der Waals surface area contributed by atoms with Gasteiger partial charge in [-0.3, -0.25) is 9.59 Å². The van der Waals surface area contributed by atoms with Crippen molar-refractivity contribution in [2.45, 2.75) is 51.9 Å². The lowest BCUT2D eigenvalue weighted by Gasteiger charge is -2.27. The highest BCUT2D eigenvalue weighted by molar-refractivity contribution is 5.78. The maximum atomic E-state index is 12.3. The molecule has 1 heterocycles. The molecule has 1 aliphatic heterocycles. The summed E-state index contributed by atoms with van der Waals surface area (Å²) >= 11 is 0. The number of aliphatic carboxylic acids is 1. The van der Waals surface area contributed by atoms with Gasteiger partial charge in [0.1, 0.15) is 0 Å². The van der Waals surface area contributed by atoms with Crippen LogP contribution >= 0.6 is 0 Å². The molecule has 0 radical (unpaired) electrons. The summed E-state index contributed by atoms with van der Waals surface area (Å²) in [6.07, 6.45) is 1.85. The first-order valence-electron chi connectivity index (χ1n) is 9.55. The molecule has 26 heavy (non-hydrogen) atoms. The van der Waals surface area contributed by atoms with Crippen molar-refractivity contribution >= 4 is 11.9 Å². The van der Waals surface area contributed by atoms with Crippen molar-refractivity contribution in [3.63, 3.8) is 0 Å². The highest BCUT2D eigenvalue weighted by atomic mass is 16.5. The average Bonchev–Trinajstić information content (AvgIpc) is 2.62. The third-order valence-corrected chi connectivity index (χ3v) is 5.34. The van der Waals surface area contributed by atoms with Gasteiger partial charge in [-0.15, -0.1) is 0 Å². The number of rotatable bonds is 8. The zero-order chi connectivity index (χ0) is 19.1. The number of carboxylic acids is 1. The molecule has 1 aromatic rings. The van der Waals surface area contributed by atoms with Crippen LogP contribution in [0.4, 0.5) is 0 Å². The smallest absolute Gasteiger partial charge is 0.308 e. The fourth-order valence-electron chi connectivity index (χ4n) is 3.48. The molecule has 0 aromatic heterocycles. The molecule has 0 bridgehead atoms. The van der Waals surface area contributed by atoms with Gasteiger partial charge in [0.05, 0.1) is 5.92 Å². The second-order valence-corrected chi connectivity index (χ2v) is 7.63. The second-order valence-electron chi connectivity index (χ2n) is 7.63. The molecule has 0 saturated carbocycles. The number of benzene rings is 1. The van der Waals surface area contributed by atoms with Gasteiger partial charge in [-0.1, -0.05) is 45.0 Å². The molecular formula is C21H31NO4. The molecule has 2 atom stereocenters. The summed E-state index contributed by atoms with van der Waals surface area (Å²) in [7, 11) is 0. The lowest BCUT2D eigenvalue weighted by molar-refractivity contribution is -0.145. The van der Waals surface area contributed by atoms with Gasteiger partial charge in [-0.2, -0.15) is 0 Å². The van der Waals surface area contributed by atoms with Crippen molar-refractivity contribution in [3.8, 4) is 0 Å². The standard InChI is InChI=1S/C21H31NO4/c1-14(2)16-4-6-17(7-5-16)15(3)12-20(23)22-13-19(21(24)25)18-8-10-26-11-9-18/h4-7,14-15,18-19H,8-13H2,1-3H3,(H,22,23)(H,24,25). The lowest BCUT2D eigenvalue weighted by Crippen LogP contribution is -2.39. The second kappa shape index (κ2) is 9.72. The molecule has 5 nitrogen and oxygen atoms in total. The number of carbonyl (C=O) groups excluding carboxylic acids is 1. The Morgan fingerprint density at radius 3 is 2.23 bits per heavy atom. The number of carboxylic acid groups (broad SMARTS) is 1. The van der Waals surface area contributed by atoms with Crippen LogP contribution < -0.4 is 5.32 Å². The van der Waals surface area contributed by atoms with Crippen molar-refractivity contribution < 1.29 is 19.4 Å². The Labute approximate surface area is 156 Å². The summed E-state index contributed by atoms with van der Waals surface area (Å²) < 4.78 is 5.30. The van der Waals surface area contributed by atoms with Crippen molar-refractivity contribution in [1.29, 1.82) is 0 Å². The zero-order valence-corrected chi connectivity index (χ0v) is 16.0. The number of nitrogens with one attached hydrogen (secondary N) is 1. The predicted molar refractivity (Wildman–Crippen MR) is 101 cm³/mol. The third-order valence-electron chi connectivity index (χ3n) is 5.34. The van der Waals surface area contributed by atoms with Crippen LogP contribution in [0.15, 0.2) is 24.3 Å². The van der Waals surface area contributed by atoms with E-state index in [4.69, 9.17) is 4.74 Å². The van der Waals surface area contributed by atoms with E-state index in [2.05, 4.69) is 43.4 Å². The predicted octanol–water partition coefficient (Wildman–Crippen LogP) is 3.55. The van der Waals surface area contributed by atoms with Gasteiger partial charge >= 0.3 is 5.97 Å². The van der Waals surface area contributed by atoms with Gasteiger partial charge in [-0.05, 0) is 41.7 Å². The monoisotopic (exact) mass is 361 g/mol. The quantitative estimate of drug-likeness (QED) is 0.742. The van der Waals surface area contributed by atoms with Crippen LogP contribution in [-0.4, -0.2) is 36.7 Å². The minimum Gasteiger partial charge on any atom is -0.481 e. The van der Waals surface area contributed by atoms with Crippen LogP contribution in [0.2, 0.25) is 0 Å². The lowest BCUT2D eigenvalue weighted by atomic mass is 9.86. The van der Waals surface area contributed by atoms with Crippen molar-refractivity contribution in [1.82, 2.24) is 5.32 Å². The SMILES string of the molecule is CC(C)c1ccc(C(C)CC(=O)NCC(C(=O)O)C2CCOCC2)cc1. The molecule has 2 rings (SSSR count). The molecule has 1 fully saturated rings. The van der Waals surface area contributed by atoms with Crippen LogP contribution in [-0.2, 0) is 14.3 Å². The van der Waals surface area contributed by atoms with Gasteiger partial charge in [0.2, 0.25) is 5.91 Å². The van der Waals surface area contributed by atoms with E-state index in [-0.39, 0.29) is 24.3 Å². The third kappa shape index (κ3) is 5.84. The van der Waals surface area contributed by atoms with Gasteiger partial charge in [0.15, 0.2) is 0 Å². The Morgan fingerprint density at radius 2 is 1.69 bits per heavy atom. The first-order chi connectivity index (χ1) is 12.4. The Balaban J connectivity index is 1.85. The molecule has 1 aromatic carbocycles. The fraction of sp³-hybridized carbons (Fsp3) is 0.619. The highest BCUT2D eigenvalue weighted by Crippen LogP contribution is 2.25. The molecular weight excluding hydrogens is 330 g/mol. The van der Waals surface area contributed by atoms with Gasteiger partial charge in [-0.25, -0.2) is 0 Å². The van der Waals surface area contributed by atoms with E-state index in [1.165, 1.54) is 5.56 Å². The maximum absolute atomic E-state index is 12.3. The summed E-state index contributed by atoms with van der Waals surface area (Å²) in [5.74, 6) is -0.812. The summed E-state index contributed by atoms with van der Waals surface area (Å²) in [5.41, 5.74) is 2.41. The Kier molecular flexibility index (Phi) is 7.64. The first kappa shape index (κ1) is 20.4. The number of amides is 1. The average molecular weight is 361 g/mol. The van der Waals surface area contributed by atoms with Crippen molar-refractivity contribution in [3.05, 3.63) is 35.4 Å². The van der Waals surface area contributed by atoms with Crippen LogP contribution in [0, 0.1) is 11.8 Å². The molecule has 2 N–H and O–H groups in total. The summed E-state index contributed by atoms with van der Waals surface area (Å²) in [5, 5.41) is 12.3. The summed E-state index contributed by atoms with van der Waals surface area (Å²) in [6, 6.07) is 8.38. The molecule has 1 amide bonds. The molecule has 5 heteroatoms. The summed E-state index contributed by atoms with van der Waals surface area (Å²) in [4.78, 5) is 23.8. The first-order valence-corrected chi connectivity index (χ1v) is 9.55. The van der Waals surface area contributed by atoms with E-state index in [0.717, 1.165) is 18.4 Å². The van der Waals surface area contributed by atoms with E-state index in [9.17, 15) is 14.7 Å². The van der Waals surface area contributed by atoms with Gasteiger partial charge < -0.3 is 15.2 Å². The normalized spacial score (nSPS) is 17.7. The van der Waals surface area contributed by atoms with Crippen LogP contribution in [0.3, 0.4) is 0 Å². The van der Waals surface area contributed by atoms with Crippen molar-refractivity contribution in [2.75, 3.05) is 19.8 Å². The number of hydrogen-bond acceptors (Lipinski definition) is 3. The van der Waals surface area contributed by atoms with Crippen LogP contribution in [0.1, 0.15) is 63.0 Å². The highest BCUT2D eigenvalue weighted by Gasteiger charge is 2.30. The van der Waals surface area contributed by atoms with E-state index in [1.54, 1.807) is 0 Å². The Hall–Kier alpha value is -1.88. The molecule has 144 valence electrons. The number of hydrogen-bond donors (Lipinski definition) is 2. The maximum Gasteiger partial charge on any atom is 0.308 e. The minimum absolute atomic E-state index is 0.0718. The Bertz CT molecular complexity index is 591. The topological polar surface area (TPSA) is 75.6 Å². The molecule has 1 aliphatic rings. The molecule has 2 unspecified atom stereocenters. The van der Waals surface area contributed by atoms with E-state index >= 15 is 0 Å².